The van der Waals surface area contributed by atoms with Crippen molar-refractivity contribution in [1.82, 2.24) is 4.90 Å². The Bertz CT molecular complexity index is 365. The third-order valence-electron chi connectivity index (χ3n) is 3.72. The summed E-state index contributed by atoms with van der Waals surface area (Å²) in [5.41, 5.74) is 8.96. The van der Waals surface area contributed by atoms with Gasteiger partial charge in [-0.15, -0.1) is 0 Å². The van der Waals surface area contributed by atoms with Crippen LogP contribution in [0.1, 0.15) is 37.3 Å². The minimum absolute atomic E-state index is 0.200. The van der Waals surface area contributed by atoms with Crippen molar-refractivity contribution in [2.45, 2.75) is 45.2 Å². The Balaban J connectivity index is 2.05. The second-order valence-electron chi connectivity index (χ2n) is 5.57. The molecule has 1 aromatic rings. The molecule has 1 aliphatic heterocycles. The second kappa shape index (κ2) is 5.19. The maximum absolute atomic E-state index is 6.50. The lowest BCUT2D eigenvalue weighted by atomic mass is 9.97. The Hall–Kier alpha value is -0.860. The highest BCUT2D eigenvalue weighted by molar-refractivity contribution is 5.23. The highest BCUT2D eigenvalue weighted by Crippen LogP contribution is 2.21. The van der Waals surface area contributed by atoms with E-state index in [1.165, 1.54) is 30.4 Å². The molecule has 2 heteroatoms. The first-order valence-corrected chi connectivity index (χ1v) is 6.67. The van der Waals surface area contributed by atoms with Gasteiger partial charge in [0, 0.05) is 6.42 Å². The zero-order valence-corrected chi connectivity index (χ0v) is 11.1. The van der Waals surface area contributed by atoms with Crippen molar-refractivity contribution in [3.63, 3.8) is 0 Å². The highest BCUT2D eigenvalue weighted by atomic mass is 15.3. The summed E-state index contributed by atoms with van der Waals surface area (Å²) in [7, 11) is 0. The molecule has 0 spiro atoms. The van der Waals surface area contributed by atoms with Crippen LogP contribution in [-0.4, -0.2) is 23.7 Å². The van der Waals surface area contributed by atoms with Gasteiger partial charge in [0.25, 0.3) is 0 Å². The monoisotopic (exact) mass is 232 g/mol. The van der Waals surface area contributed by atoms with Gasteiger partial charge in [-0.3, -0.25) is 4.90 Å². The first kappa shape index (κ1) is 12.6. The number of rotatable bonds is 3. The number of likely N-dealkylation sites (tertiary alicyclic amines) is 1. The maximum atomic E-state index is 6.50. The second-order valence-corrected chi connectivity index (χ2v) is 5.57. The number of hydrogen-bond acceptors (Lipinski definition) is 2. The molecular formula is C15H24N2. The molecule has 2 rings (SSSR count). The largest absolute Gasteiger partial charge is 0.313 e. The number of hydrogen-bond donors (Lipinski definition) is 1. The van der Waals surface area contributed by atoms with Gasteiger partial charge in [-0.1, -0.05) is 36.2 Å². The molecule has 2 N–H and O–H groups in total. The third kappa shape index (κ3) is 3.30. The molecule has 1 saturated heterocycles. The van der Waals surface area contributed by atoms with E-state index in [1.54, 1.807) is 0 Å². The van der Waals surface area contributed by atoms with Crippen molar-refractivity contribution in [3.05, 3.63) is 35.4 Å². The number of nitrogens with zero attached hydrogens (tertiary/aromatic N) is 1. The standard InChI is InChI=1S/C15H24N2/c1-13-7-6-8-14(11-13)12-15(2,16)17-9-4-3-5-10-17/h6-8,11H,3-5,9-10,12,16H2,1-2H3. The van der Waals surface area contributed by atoms with E-state index in [9.17, 15) is 0 Å². The molecular weight excluding hydrogens is 208 g/mol. The van der Waals surface area contributed by atoms with Gasteiger partial charge in [0.05, 0.1) is 5.66 Å². The Morgan fingerprint density at radius 1 is 1.24 bits per heavy atom. The SMILES string of the molecule is Cc1cccc(CC(C)(N)N2CCCCC2)c1. The molecule has 1 fully saturated rings. The van der Waals surface area contributed by atoms with Gasteiger partial charge in [-0.05, 0) is 45.3 Å². The molecule has 0 amide bonds. The molecule has 0 aromatic heterocycles. The van der Waals surface area contributed by atoms with Crippen LogP contribution in [0.5, 0.6) is 0 Å². The van der Waals surface area contributed by atoms with Gasteiger partial charge >= 0.3 is 0 Å². The molecule has 0 saturated carbocycles. The number of nitrogens with two attached hydrogens (primary N) is 1. The van der Waals surface area contributed by atoms with E-state index in [4.69, 9.17) is 5.73 Å². The summed E-state index contributed by atoms with van der Waals surface area (Å²) in [5, 5.41) is 0. The van der Waals surface area contributed by atoms with Crippen molar-refractivity contribution >= 4 is 0 Å². The highest BCUT2D eigenvalue weighted by Gasteiger charge is 2.28. The van der Waals surface area contributed by atoms with Crippen molar-refractivity contribution in [2.24, 2.45) is 5.73 Å². The number of benzene rings is 1. The van der Waals surface area contributed by atoms with Gasteiger partial charge < -0.3 is 5.73 Å². The fraction of sp³-hybridized carbons (Fsp3) is 0.600. The zero-order chi connectivity index (χ0) is 12.3. The molecule has 1 heterocycles. The summed E-state index contributed by atoms with van der Waals surface area (Å²) in [6.45, 7) is 6.61. The quantitative estimate of drug-likeness (QED) is 0.868. The average molecular weight is 232 g/mol. The summed E-state index contributed by atoms with van der Waals surface area (Å²) in [4.78, 5) is 2.44. The van der Waals surface area contributed by atoms with E-state index in [-0.39, 0.29) is 5.66 Å². The number of aryl methyl sites for hydroxylation is 1. The average Bonchev–Trinajstić information content (AvgIpc) is 2.29. The predicted molar refractivity (Wildman–Crippen MR) is 72.9 cm³/mol. The lowest BCUT2D eigenvalue weighted by Gasteiger charge is -2.40. The van der Waals surface area contributed by atoms with E-state index in [0.717, 1.165) is 19.5 Å². The third-order valence-corrected chi connectivity index (χ3v) is 3.72. The van der Waals surface area contributed by atoms with Crippen molar-refractivity contribution in [1.29, 1.82) is 0 Å². The zero-order valence-electron chi connectivity index (χ0n) is 11.1. The van der Waals surface area contributed by atoms with Crippen LogP contribution >= 0.6 is 0 Å². The van der Waals surface area contributed by atoms with Gasteiger partial charge in [-0.2, -0.15) is 0 Å². The first-order chi connectivity index (χ1) is 8.08. The topological polar surface area (TPSA) is 29.3 Å². The summed E-state index contributed by atoms with van der Waals surface area (Å²) in [6.07, 6.45) is 4.88. The Labute approximate surface area is 105 Å². The van der Waals surface area contributed by atoms with Gasteiger partial charge in [0.2, 0.25) is 0 Å². The fourth-order valence-electron chi connectivity index (χ4n) is 2.75. The molecule has 2 nitrogen and oxygen atoms in total. The van der Waals surface area contributed by atoms with Gasteiger partial charge in [0.1, 0.15) is 0 Å². The van der Waals surface area contributed by atoms with Crippen molar-refractivity contribution in [3.8, 4) is 0 Å². The smallest absolute Gasteiger partial charge is 0.0699 e. The summed E-state index contributed by atoms with van der Waals surface area (Å²) >= 11 is 0. The van der Waals surface area contributed by atoms with E-state index < -0.39 is 0 Å². The van der Waals surface area contributed by atoms with E-state index in [1.807, 2.05) is 0 Å². The van der Waals surface area contributed by atoms with Crippen molar-refractivity contribution in [2.75, 3.05) is 13.1 Å². The lowest BCUT2D eigenvalue weighted by molar-refractivity contribution is 0.0856. The Kier molecular flexibility index (Phi) is 3.85. The van der Waals surface area contributed by atoms with E-state index >= 15 is 0 Å². The van der Waals surface area contributed by atoms with Crippen molar-refractivity contribution < 1.29 is 0 Å². The maximum Gasteiger partial charge on any atom is 0.0699 e. The van der Waals surface area contributed by atoms with Crippen LogP contribution in [-0.2, 0) is 6.42 Å². The van der Waals surface area contributed by atoms with Crippen LogP contribution in [0, 0.1) is 6.92 Å². The normalized spacial score (nSPS) is 21.1. The molecule has 0 aliphatic carbocycles. The molecule has 0 bridgehead atoms. The van der Waals surface area contributed by atoms with Crippen LogP contribution in [0.15, 0.2) is 24.3 Å². The summed E-state index contributed by atoms with van der Waals surface area (Å²) in [6, 6.07) is 8.69. The molecule has 1 atom stereocenters. The first-order valence-electron chi connectivity index (χ1n) is 6.67. The predicted octanol–water partition coefficient (Wildman–Crippen LogP) is 2.70. The Morgan fingerprint density at radius 3 is 2.59 bits per heavy atom. The van der Waals surface area contributed by atoms with Gasteiger partial charge in [-0.25, -0.2) is 0 Å². The summed E-state index contributed by atoms with van der Waals surface area (Å²) < 4.78 is 0. The van der Waals surface area contributed by atoms with Crippen LogP contribution in [0.3, 0.4) is 0 Å². The van der Waals surface area contributed by atoms with Gasteiger partial charge in [0.15, 0.2) is 0 Å². The minimum Gasteiger partial charge on any atom is -0.313 e. The molecule has 1 aliphatic rings. The number of piperidine rings is 1. The van der Waals surface area contributed by atoms with Crippen LogP contribution in [0.2, 0.25) is 0 Å². The van der Waals surface area contributed by atoms with E-state index in [2.05, 4.69) is 43.0 Å². The fourth-order valence-corrected chi connectivity index (χ4v) is 2.75. The molecule has 17 heavy (non-hydrogen) atoms. The van der Waals surface area contributed by atoms with Crippen LogP contribution in [0.4, 0.5) is 0 Å². The minimum atomic E-state index is -0.200. The van der Waals surface area contributed by atoms with E-state index in [0.29, 0.717) is 0 Å². The lowest BCUT2D eigenvalue weighted by Crippen LogP contribution is -2.56. The molecule has 1 aromatic carbocycles. The summed E-state index contributed by atoms with van der Waals surface area (Å²) in [5.74, 6) is 0. The Morgan fingerprint density at radius 2 is 1.94 bits per heavy atom. The molecule has 1 unspecified atom stereocenters. The molecule has 94 valence electrons. The van der Waals surface area contributed by atoms with Crippen LogP contribution < -0.4 is 5.73 Å². The van der Waals surface area contributed by atoms with Crippen LogP contribution in [0.25, 0.3) is 0 Å². The molecule has 0 radical (unpaired) electrons.